The van der Waals surface area contributed by atoms with Gasteiger partial charge in [0.15, 0.2) is 0 Å². The van der Waals surface area contributed by atoms with Crippen LogP contribution in [0.3, 0.4) is 0 Å². The number of likely N-dealkylation sites (tertiary alicyclic amines) is 1. The smallest absolute Gasteiger partial charge is 0.141 e. The van der Waals surface area contributed by atoms with Crippen molar-refractivity contribution in [2.24, 2.45) is 11.7 Å². The number of nitrogens with zero attached hydrogens (tertiary/aromatic N) is 1. The number of nitrogens with two attached hydrogens (primary N) is 1. The van der Waals surface area contributed by atoms with Gasteiger partial charge in [-0.25, -0.2) is 0 Å². The zero-order chi connectivity index (χ0) is 14.0. The van der Waals surface area contributed by atoms with Crippen molar-refractivity contribution in [3.05, 3.63) is 22.7 Å². The largest absolute Gasteiger partial charge is 0.496 e. The molecule has 1 aliphatic rings. The highest BCUT2D eigenvalue weighted by Crippen LogP contribution is 2.42. The summed E-state index contributed by atoms with van der Waals surface area (Å²) >= 11 is 6.23. The zero-order valence-corrected chi connectivity index (χ0v) is 12.4. The average Bonchev–Trinajstić information content (AvgIpc) is 2.79. The second-order valence-electron chi connectivity index (χ2n) is 5.02. The van der Waals surface area contributed by atoms with Crippen molar-refractivity contribution in [1.82, 2.24) is 4.90 Å². The SMILES string of the molecule is COc1cc(OC)c(C2CC(CN)CN2C)cc1Cl. The van der Waals surface area contributed by atoms with Gasteiger partial charge in [0.2, 0.25) is 0 Å². The lowest BCUT2D eigenvalue weighted by Crippen LogP contribution is -2.20. The third-order valence-electron chi connectivity index (χ3n) is 3.83. The minimum atomic E-state index is 0.298. The minimum absolute atomic E-state index is 0.298. The Morgan fingerprint density at radius 2 is 2.00 bits per heavy atom. The maximum absolute atomic E-state index is 6.23. The molecule has 1 saturated heterocycles. The van der Waals surface area contributed by atoms with Crippen LogP contribution in [0.2, 0.25) is 5.02 Å². The van der Waals surface area contributed by atoms with Crippen molar-refractivity contribution < 1.29 is 9.47 Å². The molecule has 0 radical (unpaired) electrons. The molecule has 1 aromatic carbocycles. The standard InChI is InChI=1S/C14H21ClN2O2/c1-17-8-9(7-16)4-12(17)10-5-11(15)14(19-3)6-13(10)18-2/h5-6,9,12H,4,7-8,16H2,1-3H3. The van der Waals surface area contributed by atoms with E-state index in [1.54, 1.807) is 14.2 Å². The summed E-state index contributed by atoms with van der Waals surface area (Å²) in [7, 11) is 5.38. The number of halogens is 1. The van der Waals surface area contributed by atoms with Crippen LogP contribution in [0, 0.1) is 5.92 Å². The summed E-state index contributed by atoms with van der Waals surface area (Å²) in [5, 5.41) is 0.614. The van der Waals surface area contributed by atoms with Crippen LogP contribution in [0.4, 0.5) is 0 Å². The molecule has 0 aliphatic carbocycles. The van der Waals surface area contributed by atoms with E-state index in [2.05, 4.69) is 11.9 Å². The molecule has 0 amide bonds. The highest BCUT2D eigenvalue weighted by Gasteiger charge is 2.32. The van der Waals surface area contributed by atoms with Crippen molar-refractivity contribution in [2.45, 2.75) is 12.5 Å². The summed E-state index contributed by atoms with van der Waals surface area (Å²) in [4.78, 5) is 2.30. The molecule has 1 aromatic rings. The molecule has 2 rings (SSSR count). The molecule has 0 spiro atoms. The molecule has 106 valence electrons. The van der Waals surface area contributed by atoms with E-state index >= 15 is 0 Å². The van der Waals surface area contributed by atoms with E-state index < -0.39 is 0 Å². The quantitative estimate of drug-likeness (QED) is 0.922. The Morgan fingerprint density at radius 3 is 2.53 bits per heavy atom. The van der Waals surface area contributed by atoms with Crippen molar-refractivity contribution in [2.75, 3.05) is 34.4 Å². The van der Waals surface area contributed by atoms with Crippen molar-refractivity contribution >= 4 is 11.6 Å². The first kappa shape index (κ1) is 14.4. The van der Waals surface area contributed by atoms with E-state index in [4.69, 9.17) is 26.8 Å². The predicted molar refractivity (Wildman–Crippen MR) is 77.1 cm³/mol. The molecule has 5 heteroatoms. The van der Waals surface area contributed by atoms with E-state index in [0.717, 1.165) is 24.3 Å². The van der Waals surface area contributed by atoms with Gasteiger partial charge < -0.3 is 15.2 Å². The zero-order valence-electron chi connectivity index (χ0n) is 11.6. The molecular weight excluding hydrogens is 264 g/mol. The summed E-state index contributed by atoms with van der Waals surface area (Å²) in [6, 6.07) is 4.09. The summed E-state index contributed by atoms with van der Waals surface area (Å²) < 4.78 is 10.7. The highest BCUT2D eigenvalue weighted by molar-refractivity contribution is 6.32. The van der Waals surface area contributed by atoms with Crippen LogP contribution in [-0.2, 0) is 0 Å². The Balaban J connectivity index is 2.36. The molecule has 0 saturated carbocycles. The van der Waals surface area contributed by atoms with Crippen LogP contribution in [0.25, 0.3) is 0 Å². The average molecular weight is 285 g/mol. The minimum Gasteiger partial charge on any atom is -0.496 e. The molecule has 2 N–H and O–H groups in total. The highest BCUT2D eigenvalue weighted by atomic mass is 35.5. The van der Waals surface area contributed by atoms with E-state index in [0.29, 0.717) is 29.3 Å². The van der Waals surface area contributed by atoms with Crippen LogP contribution in [0.5, 0.6) is 11.5 Å². The van der Waals surface area contributed by atoms with Gasteiger partial charge in [-0.05, 0) is 32.0 Å². The van der Waals surface area contributed by atoms with Crippen LogP contribution in [0.1, 0.15) is 18.0 Å². The summed E-state index contributed by atoms with van der Waals surface area (Å²) in [6.45, 7) is 1.72. The van der Waals surface area contributed by atoms with E-state index in [9.17, 15) is 0 Å². The normalized spacial score (nSPS) is 23.6. The third kappa shape index (κ3) is 2.81. The second-order valence-corrected chi connectivity index (χ2v) is 5.43. The van der Waals surface area contributed by atoms with Gasteiger partial charge in [-0.1, -0.05) is 11.6 Å². The first-order chi connectivity index (χ1) is 9.10. The predicted octanol–water partition coefficient (Wildman–Crippen LogP) is 2.31. The fraction of sp³-hybridized carbons (Fsp3) is 0.571. The van der Waals surface area contributed by atoms with Gasteiger partial charge >= 0.3 is 0 Å². The molecule has 1 fully saturated rings. The van der Waals surface area contributed by atoms with Gasteiger partial charge in [0.05, 0.1) is 19.2 Å². The summed E-state index contributed by atoms with van der Waals surface area (Å²) in [5.74, 6) is 1.98. The Kier molecular flexibility index (Phi) is 4.55. The topological polar surface area (TPSA) is 47.7 Å². The lowest BCUT2D eigenvalue weighted by Gasteiger charge is -2.22. The number of hydrogen-bond donors (Lipinski definition) is 1. The fourth-order valence-electron chi connectivity index (χ4n) is 2.78. The lowest BCUT2D eigenvalue weighted by atomic mass is 9.99. The first-order valence-corrected chi connectivity index (χ1v) is 6.80. The summed E-state index contributed by atoms with van der Waals surface area (Å²) in [6.07, 6.45) is 1.03. The van der Waals surface area contributed by atoms with E-state index in [1.165, 1.54) is 0 Å². The van der Waals surface area contributed by atoms with Crippen LogP contribution >= 0.6 is 11.6 Å². The number of hydrogen-bond acceptors (Lipinski definition) is 4. The second kappa shape index (κ2) is 5.99. The molecule has 0 bridgehead atoms. The van der Waals surface area contributed by atoms with Gasteiger partial charge in [-0.15, -0.1) is 0 Å². The van der Waals surface area contributed by atoms with Crippen LogP contribution < -0.4 is 15.2 Å². The maximum Gasteiger partial charge on any atom is 0.141 e. The first-order valence-electron chi connectivity index (χ1n) is 6.42. The van der Waals surface area contributed by atoms with Crippen molar-refractivity contribution in [3.8, 4) is 11.5 Å². The van der Waals surface area contributed by atoms with E-state index in [-0.39, 0.29) is 0 Å². The molecular formula is C14H21ClN2O2. The van der Waals surface area contributed by atoms with E-state index in [1.807, 2.05) is 12.1 Å². The van der Waals surface area contributed by atoms with Crippen molar-refractivity contribution in [1.29, 1.82) is 0 Å². The fourth-order valence-corrected chi connectivity index (χ4v) is 3.03. The van der Waals surface area contributed by atoms with Crippen molar-refractivity contribution in [3.63, 3.8) is 0 Å². The number of benzene rings is 1. The van der Waals surface area contributed by atoms with Gasteiger partial charge in [0, 0.05) is 24.2 Å². The molecule has 19 heavy (non-hydrogen) atoms. The Labute approximate surface area is 119 Å². The van der Waals surface area contributed by atoms with Gasteiger partial charge in [0.25, 0.3) is 0 Å². The van der Waals surface area contributed by atoms with Gasteiger partial charge in [0.1, 0.15) is 11.5 Å². The van der Waals surface area contributed by atoms with Crippen LogP contribution in [-0.4, -0.2) is 39.3 Å². The summed E-state index contributed by atoms with van der Waals surface area (Å²) in [5.41, 5.74) is 6.88. The monoisotopic (exact) mass is 284 g/mol. The number of rotatable bonds is 4. The lowest BCUT2D eigenvalue weighted by molar-refractivity contribution is 0.302. The van der Waals surface area contributed by atoms with Crippen LogP contribution in [0.15, 0.2) is 12.1 Å². The molecule has 2 atom stereocenters. The molecule has 2 unspecified atom stereocenters. The Morgan fingerprint density at radius 1 is 1.32 bits per heavy atom. The number of ether oxygens (including phenoxy) is 2. The van der Waals surface area contributed by atoms with Gasteiger partial charge in [-0.2, -0.15) is 0 Å². The maximum atomic E-state index is 6.23. The third-order valence-corrected chi connectivity index (χ3v) is 4.13. The molecule has 1 heterocycles. The molecule has 1 aliphatic heterocycles. The number of methoxy groups -OCH3 is 2. The Hall–Kier alpha value is -0.970. The molecule has 0 aromatic heterocycles. The Bertz CT molecular complexity index is 453. The molecule has 4 nitrogen and oxygen atoms in total. The van der Waals surface area contributed by atoms with Gasteiger partial charge in [-0.3, -0.25) is 4.90 Å².